The van der Waals surface area contributed by atoms with Gasteiger partial charge >= 0.3 is 17.1 Å². The van der Waals surface area contributed by atoms with Crippen molar-refractivity contribution in [3.63, 3.8) is 0 Å². The van der Waals surface area contributed by atoms with Crippen molar-refractivity contribution in [2.45, 2.75) is 42.6 Å². The molecule has 2 unspecified atom stereocenters. The number of nitrogens with one attached hydrogen (secondary N) is 2. The highest BCUT2D eigenvalue weighted by Crippen LogP contribution is 2.34. The van der Waals surface area contributed by atoms with Crippen LogP contribution in [-0.4, -0.2) is 89.0 Å². The molecule has 2 atom stereocenters. The maximum Gasteiger partial charge on any atom is 0.487 e. The summed E-state index contributed by atoms with van der Waals surface area (Å²) in [6.45, 7) is 1.70. The molecule has 2 fully saturated rings. The molecule has 59 heavy (non-hydrogen) atoms. The molecule has 2 saturated heterocycles. The number of ether oxygens (including phenoxy) is 4. The Bertz CT molecular complexity index is 2170. The number of carbonyl (C=O) groups excluding carboxylic acids is 3. The lowest BCUT2D eigenvalue weighted by Gasteiger charge is -2.20. The number of halogens is 8. The number of amides is 2. The van der Waals surface area contributed by atoms with Gasteiger partial charge in [0.1, 0.15) is 28.7 Å². The number of alkyl halides is 6. The Morgan fingerprint density at radius 1 is 0.814 bits per heavy atom. The molecule has 4 aromatic rings. The Balaban J connectivity index is 1.03. The Labute approximate surface area is 360 Å². The van der Waals surface area contributed by atoms with Crippen molar-refractivity contribution < 1.29 is 56.0 Å². The highest BCUT2D eigenvalue weighted by Gasteiger charge is 2.31. The van der Waals surface area contributed by atoms with Crippen LogP contribution in [0.25, 0.3) is 0 Å². The van der Waals surface area contributed by atoms with Crippen LogP contribution in [0.2, 0.25) is 0 Å². The summed E-state index contributed by atoms with van der Waals surface area (Å²) >= 11 is 16.5. The number of aliphatic hydroxyl groups is 1. The van der Waals surface area contributed by atoms with Crippen LogP contribution >= 0.6 is 55.1 Å². The number of hydrogen-bond donors (Lipinski definition) is 3. The van der Waals surface area contributed by atoms with Gasteiger partial charge in [-0.25, -0.2) is 4.98 Å². The normalized spacial score (nSPS) is 16.8. The van der Waals surface area contributed by atoms with Crippen LogP contribution in [0.1, 0.15) is 40.0 Å². The minimum Gasteiger partial charge on any atom is -0.420 e. The van der Waals surface area contributed by atoms with Crippen molar-refractivity contribution >= 4 is 95.9 Å². The number of pyridine rings is 2. The van der Waals surface area contributed by atoms with Gasteiger partial charge in [0.05, 0.1) is 39.7 Å². The van der Waals surface area contributed by atoms with Gasteiger partial charge in [-0.1, -0.05) is 0 Å². The number of rotatable bonds is 15. The van der Waals surface area contributed by atoms with E-state index < -0.39 is 35.0 Å². The van der Waals surface area contributed by atoms with Gasteiger partial charge in [-0.2, -0.15) is 4.98 Å². The number of anilines is 4. The van der Waals surface area contributed by atoms with E-state index in [1.54, 1.807) is 11.0 Å². The number of aliphatic hydroxyl groups excluding tert-OH is 1. The molecule has 14 nitrogen and oxygen atoms in total. The lowest BCUT2D eigenvalue weighted by Crippen LogP contribution is -2.26. The standard InChI is InChI=1S/C37H32Br2Cl2F4N6O8/c38-28-15-20(33(54)47-21-1-5-24(6-2-21)58-36(40,42)43)17-46-31(28)51-13-10-26(19-51)56-14-11-30(53)57-35-27(16-29(39)32(49-35)50-12-9-23(52)18-50)34(55)48-22-3-7-25(8-4-22)59-37(41,44)45/h1-8,15-17,23,26,52H,9-14,18-19H2,(H,47,54)(H,48,55). The van der Waals surface area contributed by atoms with Crippen molar-refractivity contribution in [2.75, 3.05) is 53.2 Å². The largest absolute Gasteiger partial charge is 0.487 e. The average Bonchev–Trinajstić information content (AvgIpc) is 3.81. The van der Waals surface area contributed by atoms with Crippen LogP contribution in [-0.2, 0) is 9.53 Å². The molecule has 0 aliphatic carbocycles. The first-order valence-electron chi connectivity index (χ1n) is 17.6. The van der Waals surface area contributed by atoms with Crippen molar-refractivity contribution in [1.29, 1.82) is 0 Å². The smallest absolute Gasteiger partial charge is 0.420 e. The summed E-state index contributed by atoms with van der Waals surface area (Å²) < 4.78 is 72.9. The van der Waals surface area contributed by atoms with Crippen molar-refractivity contribution in [2.24, 2.45) is 0 Å². The van der Waals surface area contributed by atoms with Crippen LogP contribution in [0.15, 0.2) is 75.8 Å². The molecular formula is C37H32Br2Cl2F4N6O8. The summed E-state index contributed by atoms with van der Waals surface area (Å²) in [4.78, 5) is 52.0. The summed E-state index contributed by atoms with van der Waals surface area (Å²) in [5.74, 6) is -1.76. The zero-order valence-corrected chi connectivity index (χ0v) is 35.0. The van der Waals surface area contributed by atoms with E-state index in [1.807, 2.05) is 4.90 Å². The van der Waals surface area contributed by atoms with E-state index in [1.165, 1.54) is 60.8 Å². The maximum absolute atomic E-state index is 13.4. The number of aromatic nitrogens is 2. The highest BCUT2D eigenvalue weighted by atomic mass is 79.9. The minimum absolute atomic E-state index is 0.0224. The van der Waals surface area contributed by atoms with Crippen LogP contribution in [0.3, 0.4) is 0 Å². The fraction of sp³-hybridized carbons (Fsp3) is 0.324. The zero-order chi connectivity index (χ0) is 42.5. The third-order valence-corrected chi connectivity index (χ3v) is 10.0. The van der Waals surface area contributed by atoms with Gasteiger partial charge in [0.25, 0.3) is 11.8 Å². The van der Waals surface area contributed by atoms with Gasteiger partial charge in [-0.15, -0.1) is 17.6 Å². The van der Waals surface area contributed by atoms with E-state index in [2.05, 4.69) is 61.9 Å². The third-order valence-electron chi connectivity index (χ3n) is 8.72. The number of benzene rings is 2. The Kier molecular flexibility index (Phi) is 14.1. The Hall–Kier alpha value is -4.47. The van der Waals surface area contributed by atoms with Gasteiger partial charge in [0, 0.05) is 67.0 Å². The molecule has 0 radical (unpaired) electrons. The topological polar surface area (TPSA) is 165 Å². The van der Waals surface area contributed by atoms with Gasteiger partial charge in [-0.3, -0.25) is 14.4 Å². The fourth-order valence-electron chi connectivity index (χ4n) is 6.05. The summed E-state index contributed by atoms with van der Waals surface area (Å²) in [6, 6.07) is 13.2. The van der Waals surface area contributed by atoms with Crippen LogP contribution in [0.5, 0.6) is 17.4 Å². The predicted octanol–water partition coefficient (Wildman–Crippen LogP) is 8.00. The van der Waals surface area contributed by atoms with Crippen LogP contribution in [0, 0.1) is 0 Å². The molecule has 2 aliphatic heterocycles. The Morgan fingerprint density at radius 3 is 1.93 bits per heavy atom. The van der Waals surface area contributed by atoms with Crippen molar-refractivity contribution in [3.05, 3.63) is 86.9 Å². The first-order chi connectivity index (χ1) is 27.9. The second kappa shape index (κ2) is 18.8. The molecule has 2 aliphatic rings. The SMILES string of the molecule is O=C(CCOC1CCN(c2ncc(C(=O)Nc3ccc(OC(F)(F)Cl)cc3)cc2Br)C1)Oc1nc(N2CCC(O)C2)c(Br)cc1C(=O)Nc1ccc(OC(F)(F)Cl)cc1. The molecule has 2 aromatic heterocycles. The number of carbonyl (C=O) groups is 3. The fourth-order valence-corrected chi connectivity index (χ4v) is 7.40. The molecule has 0 spiro atoms. The molecule has 4 heterocycles. The van der Waals surface area contributed by atoms with Crippen molar-refractivity contribution in [3.8, 4) is 17.4 Å². The number of esters is 1. The maximum atomic E-state index is 13.4. The van der Waals surface area contributed by atoms with E-state index >= 15 is 0 Å². The number of hydrogen-bond acceptors (Lipinski definition) is 12. The predicted molar refractivity (Wildman–Crippen MR) is 215 cm³/mol. The molecule has 0 saturated carbocycles. The highest BCUT2D eigenvalue weighted by molar-refractivity contribution is 9.11. The number of β-amino-alcohol motifs (C(OH)–C–C–N with tert-alkyl or cyclic N) is 1. The number of nitrogens with zero attached hydrogens (tertiary/aromatic N) is 4. The van der Waals surface area contributed by atoms with E-state index in [0.717, 1.165) is 0 Å². The Morgan fingerprint density at radius 2 is 1.37 bits per heavy atom. The minimum atomic E-state index is -3.92. The molecule has 314 valence electrons. The summed E-state index contributed by atoms with van der Waals surface area (Å²) in [5, 5.41) is 15.4. The van der Waals surface area contributed by atoms with E-state index in [9.17, 15) is 37.1 Å². The zero-order valence-electron chi connectivity index (χ0n) is 30.3. The molecule has 3 N–H and O–H groups in total. The summed E-state index contributed by atoms with van der Waals surface area (Å²) in [5.41, 5.74) is -7.14. The van der Waals surface area contributed by atoms with Crippen LogP contribution < -0.4 is 34.6 Å². The lowest BCUT2D eigenvalue weighted by molar-refractivity contribution is -0.136. The van der Waals surface area contributed by atoms with Gasteiger partial charge < -0.3 is 44.5 Å². The van der Waals surface area contributed by atoms with Crippen molar-refractivity contribution in [1.82, 2.24) is 9.97 Å². The van der Waals surface area contributed by atoms with Gasteiger partial charge in [-0.05, 0) is 105 Å². The third kappa shape index (κ3) is 12.5. The second-order valence-electron chi connectivity index (χ2n) is 13.1. The monoisotopic (exact) mass is 992 g/mol. The van der Waals surface area contributed by atoms with E-state index in [0.29, 0.717) is 58.7 Å². The first kappa shape index (κ1) is 44.1. The molecule has 22 heteroatoms. The average molecular weight is 995 g/mol. The van der Waals surface area contributed by atoms with Gasteiger partial charge in [0.15, 0.2) is 0 Å². The van der Waals surface area contributed by atoms with E-state index in [-0.39, 0.29) is 59.9 Å². The summed E-state index contributed by atoms with van der Waals surface area (Å²) in [6.07, 6.45) is 1.42. The summed E-state index contributed by atoms with van der Waals surface area (Å²) in [7, 11) is 0. The lowest BCUT2D eigenvalue weighted by atomic mass is 10.2. The molecule has 2 amide bonds. The van der Waals surface area contributed by atoms with Crippen LogP contribution in [0.4, 0.5) is 40.6 Å². The molecule has 0 bridgehead atoms. The molecule has 2 aromatic carbocycles. The molecular weight excluding hydrogens is 963 g/mol. The van der Waals surface area contributed by atoms with E-state index in [4.69, 9.17) is 32.7 Å². The quantitative estimate of drug-likeness (QED) is 0.0598. The molecule has 6 rings (SSSR count). The first-order valence-corrected chi connectivity index (χ1v) is 19.9. The van der Waals surface area contributed by atoms with Gasteiger partial charge in [0.2, 0.25) is 5.88 Å². The second-order valence-corrected chi connectivity index (χ2v) is 15.7.